The van der Waals surface area contributed by atoms with Gasteiger partial charge in [0.25, 0.3) is 5.89 Å². The van der Waals surface area contributed by atoms with Crippen molar-refractivity contribution in [3.8, 4) is 22.9 Å². The van der Waals surface area contributed by atoms with Gasteiger partial charge in [0.1, 0.15) is 11.4 Å². The Morgan fingerprint density at radius 3 is 2.50 bits per heavy atom. The highest BCUT2D eigenvalue weighted by Crippen LogP contribution is 2.26. The van der Waals surface area contributed by atoms with Crippen molar-refractivity contribution in [3.05, 3.63) is 36.5 Å². The molecule has 0 saturated heterocycles. The van der Waals surface area contributed by atoms with E-state index in [1.165, 1.54) is 0 Å². The highest BCUT2D eigenvalue weighted by atomic mass is 16.4. The summed E-state index contributed by atoms with van der Waals surface area (Å²) in [6, 6.07) is 9.57. The average Bonchev–Trinajstić information content (AvgIpc) is 3.00. The lowest BCUT2D eigenvalue weighted by Gasteiger charge is -1.95. The van der Waals surface area contributed by atoms with E-state index in [2.05, 4.69) is 15.3 Å². The second-order valence-corrected chi connectivity index (χ2v) is 3.85. The molecular formula is C12H11N5O. The van der Waals surface area contributed by atoms with E-state index in [0.29, 0.717) is 23.2 Å². The molecule has 0 bridgehead atoms. The maximum atomic E-state index is 5.86. The molecule has 0 aliphatic carbocycles. The molecule has 0 atom stereocenters. The monoisotopic (exact) mass is 241 g/mol. The normalized spacial score (nSPS) is 10.7. The lowest BCUT2D eigenvalue weighted by Crippen LogP contribution is -1.98. The van der Waals surface area contributed by atoms with Gasteiger partial charge in [-0.25, -0.2) is 0 Å². The van der Waals surface area contributed by atoms with Gasteiger partial charge >= 0.3 is 0 Å². The van der Waals surface area contributed by atoms with Crippen molar-refractivity contribution in [2.75, 3.05) is 5.73 Å². The summed E-state index contributed by atoms with van der Waals surface area (Å²) in [7, 11) is 1.76. The molecule has 0 spiro atoms. The first-order chi connectivity index (χ1) is 8.75. The van der Waals surface area contributed by atoms with Crippen LogP contribution in [-0.2, 0) is 7.05 Å². The summed E-state index contributed by atoms with van der Waals surface area (Å²) in [6.45, 7) is 0. The van der Waals surface area contributed by atoms with Crippen LogP contribution in [0.2, 0.25) is 0 Å². The van der Waals surface area contributed by atoms with E-state index < -0.39 is 0 Å². The Hall–Kier alpha value is -2.63. The van der Waals surface area contributed by atoms with Crippen molar-refractivity contribution < 1.29 is 4.42 Å². The van der Waals surface area contributed by atoms with E-state index in [1.54, 1.807) is 17.9 Å². The van der Waals surface area contributed by atoms with Gasteiger partial charge in [0.15, 0.2) is 0 Å². The van der Waals surface area contributed by atoms with Gasteiger partial charge in [-0.1, -0.05) is 18.2 Å². The van der Waals surface area contributed by atoms with Crippen molar-refractivity contribution in [2.45, 2.75) is 0 Å². The number of aromatic nitrogens is 4. The topological polar surface area (TPSA) is 82.8 Å². The molecule has 0 radical (unpaired) electrons. The molecule has 0 amide bonds. The van der Waals surface area contributed by atoms with E-state index in [1.807, 2.05) is 30.3 Å². The van der Waals surface area contributed by atoms with Crippen LogP contribution in [0.1, 0.15) is 0 Å². The minimum Gasteiger partial charge on any atom is -0.416 e. The van der Waals surface area contributed by atoms with Crippen molar-refractivity contribution in [1.82, 2.24) is 20.0 Å². The van der Waals surface area contributed by atoms with Crippen LogP contribution in [0, 0.1) is 0 Å². The van der Waals surface area contributed by atoms with Crippen LogP contribution >= 0.6 is 0 Å². The van der Waals surface area contributed by atoms with Crippen LogP contribution in [-0.4, -0.2) is 20.0 Å². The largest absolute Gasteiger partial charge is 0.416 e. The molecule has 0 fully saturated rings. The first-order valence-corrected chi connectivity index (χ1v) is 5.42. The van der Waals surface area contributed by atoms with Gasteiger partial charge in [-0.05, 0) is 12.1 Å². The third kappa shape index (κ3) is 1.64. The number of hydrogen-bond acceptors (Lipinski definition) is 5. The third-order valence-corrected chi connectivity index (χ3v) is 2.66. The fourth-order valence-electron chi connectivity index (χ4n) is 1.64. The summed E-state index contributed by atoms with van der Waals surface area (Å²) in [4.78, 5) is 0. The lowest BCUT2D eigenvalue weighted by molar-refractivity contribution is 0.585. The quantitative estimate of drug-likeness (QED) is 0.738. The van der Waals surface area contributed by atoms with Crippen molar-refractivity contribution >= 4 is 5.82 Å². The average molecular weight is 241 g/mol. The smallest absolute Gasteiger partial charge is 0.253 e. The van der Waals surface area contributed by atoms with Gasteiger partial charge in [-0.3, -0.25) is 4.68 Å². The van der Waals surface area contributed by atoms with Crippen molar-refractivity contribution in [3.63, 3.8) is 0 Å². The molecule has 18 heavy (non-hydrogen) atoms. The van der Waals surface area contributed by atoms with Crippen LogP contribution in [0.25, 0.3) is 22.9 Å². The molecule has 2 heterocycles. The van der Waals surface area contributed by atoms with Crippen molar-refractivity contribution in [1.29, 1.82) is 0 Å². The van der Waals surface area contributed by atoms with E-state index in [9.17, 15) is 0 Å². The number of nitrogen functional groups attached to an aromatic ring is 1. The van der Waals surface area contributed by atoms with Gasteiger partial charge in [0, 0.05) is 12.6 Å². The third-order valence-electron chi connectivity index (χ3n) is 2.66. The molecule has 6 nitrogen and oxygen atoms in total. The zero-order chi connectivity index (χ0) is 12.5. The fraction of sp³-hybridized carbons (Fsp3) is 0.0833. The van der Waals surface area contributed by atoms with Crippen molar-refractivity contribution in [2.24, 2.45) is 7.05 Å². The second kappa shape index (κ2) is 3.99. The molecule has 6 heteroatoms. The predicted octanol–water partition coefficient (Wildman–Crippen LogP) is 1.72. The Bertz CT molecular complexity index is 671. The standard InChI is InChI=1S/C12H11N5O/c1-17-10(13)9(7-14-17)12-16-15-11(18-12)8-5-3-2-4-6-8/h2-7H,13H2,1H3. The van der Waals surface area contributed by atoms with E-state index in [4.69, 9.17) is 10.2 Å². The van der Waals surface area contributed by atoms with Crippen LogP contribution < -0.4 is 5.73 Å². The molecular weight excluding hydrogens is 230 g/mol. The molecule has 0 aliphatic heterocycles. The summed E-state index contributed by atoms with van der Waals surface area (Å²) in [5.41, 5.74) is 7.37. The second-order valence-electron chi connectivity index (χ2n) is 3.85. The van der Waals surface area contributed by atoms with Gasteiger partial charge in [0.2, 0.25) is 5.89 Å². The Labute approximate surface area is 103 Å². The molecule has 2 N–H and O–H groups in total. The zero-order valence-corrected chi connectivity index (χ0v) is 9.74. The van der Waals surface area contributed by atoms with Gasteiger partial charge in [-0.15, -0.1) is 10.2 Å². The summed E-state index contributed by atoms with van der Waals surface area (Å²) in [5.74, 6) is 1.34. The first kappa shape index (κ1) is 10.5. The maximum absolute atomic E-state index is 5.86. The molecule has 3 rings (SSSR count). The molecule has 2 aromatic heterocycles. The van der Waals surface area contributed by atoms with Crippen LogP contribution in [0.5, 0.6) is 0 Å². The number of rotatable bonds is 2. The molecule has 0 aliphatic rings. The number of benzene rings is 1. The number of anilines is 1. The highest BCUT2D eigenvalue weighted by Gasteiger charge is 2.15. The van der Waals surface area contributed by atoms with Crippen LogP contribution in [0.15, 0.2) is 40.9 Å². The minimum absolute atomic E-state index is 0.374. The Morgan fingerprint density at radius 2 is 1.83 bits per heavy atom. The number of nitrogens with zero attached hydrogens (tertiary/aromatic N) is 4. The molecule has 0 saturated carbocycles. The maximum Gasteiger partial charge on any atom is 0.253 e. The molecule has 0 unspecified atom stereocenters. The number of hydrogen-bond donors (Lipinski definition) is 1. The van der Waals surface area contributed by atoms with Crippen LogP contribution in [0.3, 0.4) is 0 Å². The SMILES string of the molecule is Cn1ncc(-c2nnc(-c3ccccc3)o2)c1N. The van der Waals surface area contributed by atoms with E-state index in [-0.39, 0.29) is 0 Å². The van der Waals surface area contributed by atoms with E-state index in [0.717, 1.165) is 5.56 Å². The molecule has 1 aromatic carbocycles. The molecule has 3 aromatic rings. The van der Waals surface area contributed by atoms with Gasteiger partial charge in [-0.2, -0.15) is 5.10 Å². The van der Waals surface area contributed by atoms with E-state index >= 15 is 0 Å². The number of aryl methyl sites for hydroxylation is 1. The zero-order valence-electron chi connectivity index (χ0n) is 9.74. The minimum atomic E-state index is 0.374. The van der Waals surface area contributed by atoms with Gasteiger partial charge < -0.3 is 10.2 Å². The van der Waals surface area contributed by atoms with Crippen LogP contribution in [0.4, 0.5) is 5.82 Å². The summed E-state index contributed by atoms with van der Waals surface area (Å²) < 4.78 is 7.15. The lowest BCUT2D eigenvalue weighted by atomic mass is 10.2. The summed E-state index contributed by atoms with van der Waals surface area (Å²) in [6.07, 6.45) is 1.61. The first-order valence-electron chi connectivity index (χ1n) is 5.42. The highest BCUT2D eigenvalue weighted by molar-refractivity contribution is 5.67. The Balaban J connectivity index is 2.02. The Morgan fingerprint density at radius 1 is 1.11 bits per heavy atom. The molecule has 90 valence electrons. The summed E-state index contributed by atoms with van der Waals surface area (Å²) >= 11 is 0. The number of nitrogens with two attached hydrogens (primary N) is 1. The van der Waals surface area contributed by atoms with Gasteiger partial charge in [0.05, 0.1) is 6.20 Å². The Kier molecular flexibility index (Phi) is 2.33. The predicted molar refractivity (Wildman–Crippen MR) is 66.3 cm³/mol. The summed E-state index contributed by atoms with van der Waals surface area (Å²) in [5, 5.41) is 12.0. The fourth-order valence-corrected chi connectivity index (χ4v) is 1.64.